The van der Waals surface area contributed by atoms with Crippen LogP contribution >= 0.6 is 11.3 Å². The molecule has 3 nitrogen and oxygen atoms in total. The van der Waals surface area contributed by atoms with Crippen LogP contribution < -0.4 is 5.73 Å². The highest BCUT2D eigenvalue weighted by Gasteiger charge is 2.05. The zero-order valence-electron chi connectivity index (χ0n) is 11.2. The third kappa shape index (κ3) is 5.65. The molecule has 0 bridgehead atoms. The summed E-state index contributed by atoms with van der Waals surface area (Å²) in [5.74, 6) is 5.94. The Morgan fingerprint density at radius 2 is 2.28 bits per heavy atom. The van der Waals surface area contributed by atoms with Gasteiger partial charge in [-0.15, -0.1) is 11.3 Å². The predicted octanol–water partition coefficient (Wildman–Crippen LogP) is 1.92. The summed E-state index contributed by atoms with van der Waals surface area (Å²) in [4.78, 5) is 3.72. The maximum absolute atomic E-state index is 5.39. The second kappa shape index (κ2) is 9.12. The van der Waals surface area contributed by atoms with Gasteiger partial charge in [-0.2, -0.15) is 0 Å². The third-order valence-electron chi connectivity index (χ3n) is 2.57. The minimum absolute atomic E-state index is 0.417. The molecule has 0 amide bonds. The molecule has 100 valence electrons. The molecule has 0 unspecified atom stereocenters. The van der Waals surface area contributed by atoms with E-state index >= 15 is 0 Å². The van der Waals surface area contributed by atoms with Crippen molar-refractivity contribution in [2.75, 3.05) is 32.8 Å². The van der Waals surface area contributed by atoms with Gasteiger partial charge < -0.3 is 10.5 Å². The molecule has 0 atom stereocenters. The Bertz CT molecular complexity index is 392. The van der Waals surface area contributed by atoms with Crippen molar-refractivity contribution >= 4 is 11.3 Å². The smallest absolute Gasteiger partial charge is 0.0593 e. The van der Waals surface area contributed by atoms with Crippen LogP contribution in [0.2, 0.25) is 0 Å². The van der Waals surface area contributed by atoms with Gasteiger partial charge in [-0.3, -0.25) is 4.90 Å². The van der Waals surface area contributed by atoms with E-state index in [2.05, 4.69) is 35.1 Å². The van der Waals surface area contributed by atoms with Crippen molar-refractivity contribution < 1.29 is 4.74 Å². The Balaban J connectivity index is 2.46. The number of nitrogens with two attached hydrogens (primary N) is 1. The Morgan fingerprint density at radius 3 is 2.94 bits per heavy atom. The van der Waals surface area contributed by atoms with Crippen molar-refractivity contribution in [3.63, 3.8) is 0 Å². The van der Waals surface area contributed by atoms with Crippen molar-refractivity contribution in [1.82, 2.24) is 4.90 Å². The number of likely N-dealkylation sites (N-methyl/N-ethyl adjacent to an activating group) is 1. The maximum atomic E-state index is 5.39. The molecule has 0 aliphatic carbocycles. The summed E-state index contributed by atoms with van der Waals surface area (Å²) in [7, 11) is 0. The first-order valence-electron chi connectivity index (χ1n) is 6.36. The van der Waals surface area contributed by atoms with E-state index in [4.69, 9.17) is 10.5 Å². The van der Waals surface area contributed by atoms with E-state index in [9.17, 15) is 0 Å². The number of ether oxygens (including phenoxy) is 1. The second-order valence-electron chi connectivity index (χ2n) is 3.87. The topological polar surface area (TPSA) is 38.5 Å². The lowest BCUT2D eigenvalue weighted by molar-refractivity contribution is 0.113. The van der Waals surface area contributed by atoms with Gasteiger partial charge in [-0.05, 0) is 19.5 Å². The Labute approximate surface area is 114 Å². The van der Waals surface area contributed by atoms with Crippen molar-refractivity contribution in [2.45, 2.75) is 20.4 Å². The number of rotatable bonds is 7. The van der Waals surface area contributed by atoms with Crippen LogP contribution in [-0.2, 0) is 11.3 Å². The van der Waals surface area contributed by atoms with E-state index in [0.717, 1.165) is 38.4 Å². The first-order chi connectivity index (χ1) is 8.80. The zero-order valence-corrected chi connectivity index (χ0v) is 12.1. The average Bonchev–Trinajstić information content (AvgIpc) is 2.83. The van der Waals surface area contributed by atoms with Gasteiger partial charge in [0.1, 0.15) is 0 Å². The van der Waals surface area contributed by atoms with Crippen molar-refractivity contribution in [3.8, 4) is 11.8 Å². The molecule has 0 radical (unpaired) electrons. The van der Waals surface area contributed by atoms with Gasteiger partial charge in [0.2, 0.25) is 0 Å². The predicted molar refractivity (Wildman–Crippen MR) is 77.7 cm³/mol. The lowest BCUT2D eigenvalue weighted by Crippen LogP contribution is -2.26. The fourth-order valence-corrected chi connectivity index (χ4v) is 2.45. The van der Waals surface area contributed by atoms with Crippen LogP contribution in [0.15, 0.2) is 11.4 Å². The first kappa shape index (κ1) is 15.2. The van der Waals surface area contributed by atoms with E-state index in [1.165, 1.54) is 4.88 Å². The molecule has 0 aromatic carbocycles. The van der Waals surface area contributed by atoms with Crippen LogP contribution in [0.1, 0.15) is 24.3 Å². The monoisotopic (exact) mass is 266 g/mol. The standard InChI is InChI=1S/C14H22N2OS/c1-3-16(8-9-17-4-2)11-14-10-13(12-18-14)6-5-7-15/h10,12H,3-4,7-9,11,15H2,1-2H3. The molecule has 0 saturated carbocycles. The molecule has 4 heteroatoms. The molecule has 0 spiro atoms. The average molecular weight is 266 g/mol. The van der Waals surface area contributed by atoms with Crippen molar-refractivity contribution in [1.29, 1.82) is 0 Å². The molecule has 1 heterocycles. The molecular formula is C14H22N2OS. The fourth-order valence-electron chi connectivity index (χ4n) is 1.59. The normalized spacial score (nSPS) is 10.4. The summed E-state index contributed by atoms with van der Waals surface area (Å²) >= 11 is 1.76. The molecular weight excluding hydrogens is 244 g/mol. The van der Waals surface area contributed by atoms with Gasteiger partial charge in [-0.1, -0.05) is 18.8 Å². The highest BCUT2D eigenvalue weighted by atomic mass is 32.1. The third-order valence-corrected chi connectivity index (χ3v) is 3.49. The Hall–Kier alpha value is -0.860. The van der Waals surface area contributed by atoms with Gasteiger partial charge in [0.15, 0.2) is 0 Å². The van der Waals surface area contributed by atoms with Crippen molar-refractivity contribution in [3.05, 3.63) is 21.9 Å². The minimum atomic E-state index is 0.417. The lowest BCUT2D eigenvalue weighted by atomic mass is 10.3. The van der Waals surface area contributed by atoms with E-state index in [1.807, 2.05) is 6.92 Å². The van der Waals surface area contributed by atoms with Gasteiger partial charge in [-0.25, -0.2) is 0 Å². The van der Waals surface area contributed by atoms with Crippen LogP contribution in [0.3, 0.4) is 0 Å². The van der Waals surface area contributed by atoms with Crippen LogP contribution in [-0.4, -0.2) is 37.7 Å². The minimum Gasteiger partial charge on any atom is -0.380 e. The molecule has 1 aromatic heterocycles. The van der Waals surface area contributed by atoms with Crippen LogP contribution in [0.5, 0.6) is 0 Å². The first-order valence-corrected chi connectivity index (χ1v) is 7.24. The Kier molecular flexibility index (Phi) is 7.70. The summed E-state index contributed by atoms with van der Waals surface area (Å²) in [6, 6.07) is 2.15. The van der Waals surface area contributed by atoms with E-state index < -0.39 is 0 Å². The summed E-state index contributed by atoms with van der Waals surface area (Å²) in [5.41, 5.74) is 6.43. The molecule has 1 aromatic rings. The summed E-state index contributed by atoms with van der Waals surface area (Å²) in [5, 5.41) is 2.09. The number of hydrogen-bond donors (Lipinski definition) is 1. The van der Waals surface area contributed by atoms with Gasteiger partial charge in [0.05, 0.1) is 13.2 Å². The van der Waals surface area contributed by atoms with Gasteiger partial charge >= 0.3 is 0 Å². The van der Waals surface area contributed by atoms with Crippen LogP contribution in [0, 0.1) is 11.8 Å². The molecule has 0 aliphatic heterocycles. The maximum Gasteiger partial charge on any atom is 0.0593 e. The zero-order chi connectivity index (χ0) is 13.2. The number of thiophene rings is 1. The highest BCUT2D eigenvalue weighted by Crippen LogP contribution is 2.16. The summed E-state index contributed by atoms with van der Waals surface area (Å²) in [6.45, 7) is 9.19. The van der Waals surface area contributed by atoms with Gasteiger partial charge in [0, 0.05) is 35.5 Å². The highest BCUT2D eigenvalue weighted by molar-refractivity contribution is 7.10. The second-order valence-corrected chi connectivity index (χ2v) is 4.87. The SMILES string of the molecule is CCOCCN(CC)Cc1cc(C#CCN)cs1. The number of hydrogen-bond acceptors (Lipinski definition) is 4. The van der Waals surface area contributed by atoms with E-state index in [0.29, 0.717) is 6.54 Å². The van der Waals surface area contributed by atoms with E-state index in [-0.39, 0.29) is 0 Å². The van der Waals surface area contributed by atoms with Crippen molar-refractivity contribution in [2.24, 2.45) is 5.73 Å². The van der Waals surface area contributed by atoms with Gasteiger partial charge in [0.25, 0.3) is 0 Å². The molecule has 2 N–H and O–H groups in total. The molecule has 18 heavy (non-hydrogen) atoms. The van der Waals surface area contributed by atoms with E-state index in [1.54, 1.807) is 11.3 Å². The Morgan fingerprint density at radius 1 is 1.44 bits per heavy atom. The largest absolute Gasteiger partial charge is 0.380 e. The molecule has 0 saturated heterocycles. The van der Waals surface area contributed by atoms with Crippen LogP contribution in [0.25, 0.3) is 0 Å². The van der Waals surface area contributed by atoms with Crippen LogP contribution in [0.4, 0.5) is 0 Å². The number of nitrogens with zero attached hydrogens (tertiary/aromatic N) is 1. The summed E-state index contributed by atoms with van der Waals surface area (Å²) < 4.78 is 5.39. The quantitative estimate of drug-likeness (QED) is 0.605. The molecule has 1 rings (SSSR count). The lowest BCUT2D eigenvalue weighted by Gasteiger charge is -2.19. The fraction of sp³-hybridized carbons (Fsp3) is 0.571. The summed E-state index contributed by atoms with van der Waals surface area (Å²) in [6.07, 6.45) is 0. The molecule has 0 fully saturated rings. The molecule has 0 aliphatic rings.